The number of aliphatic hydroxyl groups excluding tert-OH is 2. The Balaban J connectivity index is 1.44. The summed E-state index contributed by atoms with van der Waals surface area (Å²) in [5.41, 5.74) is 14.7. The molecule has 8 rings (SSSR count). The summed E-state index contributed by atoms with van der Waals surface area (Å²) in [6, 6.07) is 13.1. The molecule has 2 bridgehead atoms. The number of ether oxygens (including phenoxy) is 2. The summed E-state index contributed by atoms with van der Waals surface area (Å²) in [6.07, 6.45) is 9.19. The van der Waals surface area contributed by atoms with E-state index in [-0.39, 0.29) is 57.9 Å². The zero-order valence-corrected chi connectivity index (χ0v) is 33.2. The molecule has 0 amide bonds. The number of nitrogens with two attached hydrogens (primary N) is 2. The maximum atomic E-state index is 14.3. The van der Waals surface area contributed by atoms with Crippen LogP contribution in [0.15, 0.2) is 81.8 Å². The van der Waals surface area contributed by atoms with Crippen LogP contribution in [0.2, 0.25) is 0 Å². The maximum absolute atomic E-state index is 14.3. The number of fused-ring (bicyclic) bond motifs is 4. The number of pyridine rings is 2. The van der Waals surface area contributed by atoms with Crippen molar-refractivity contribution in [3.63, 3.8) is 0 Å². The number of rotatable bonds is 9. The Morgan fingerprint density at radius 2 is 1.85 bits per heavy atom. The van der Waals surface area contributed by atoms with Crippen molar-refractivity contribution in [2.45, 2.75) is 95.4 Å². The molecule has 3 aromatic heterocycles. The van der Waals surface area contributed by atoms with E-state index in [1.807, 2.05) is 32.1 Å². The van der Waals surface area contributed by atoms with E-state index in [1.165, 1.54) is 6.07 Å². The maximum Gasteiger partial charge on any atom is 0.334 e. The van der Waals surface area contributed by atoms with E-state index in [0.717, 1.165) is 37.3 Å². The average molecular weight is 803 g/mol. The van der Waals surface area contributed by atoms with Gasteiger partial charge in [0, 0.05) is 59.3 Å². The largest absolute Gasteiger partial charge is 0.508 e. The minimum atomic E-state index is -1.29. The average Bonchev–Trinajstić information content (AvgIpc) is 3.75. The van der Waals surface area contributed by atoms with E-state index in [2.05, 4.69) is 9.97 Å². The SMILES string of the molecule is C/C=C(\C(=O)O[C@@H]1Cc2c3c(c4oc(CO)cc(=O)c4c2O)[C@@H]([C@H](CO)c2cccc(O)c2)c2ccnc(N)c2CC[C@@H](Cc2ccc(N)nc2)[C@]1(C)O3)C1CCCC1. The van der Waals surface area contributed by atoms with Gasteiger partial charge in [-0.2, -0.15) is 0 Å². The van der Waals surface area contributed by atoms with Gasteiger partial charge in [-0.1, -0.05) is 37.1 Å². The Hall–Kier alpha value is -5.92. The zero-order chi connectivity index (χ0) is 41.6. The quantitative estimate of drug-likeness (QED) is 0.0732. The lowest BCUT2D eigenvalue weighted by molar-refractivity contribution is -0.165. The Labute approximate surface area is 341 Å². The summed E-state index contributed by atoms with van der Waals surface area (Å²) in [4.78, 5) is 37.3. The van der Waals surface area contributed by atoms with Gasteiger partial charge in [-0.05, 0) is 98.4 Å². The Bertz CT molecular complexity index is 2490. The van der Waals surface area contributed by atoms with Crippen LogP contribution in [0.3, 0.4) is 0 Å². The number of aliphatic hydroxyl groups is 2. The first kappa shape index (κ1) is 39.9. The molecular formula is C46H50N4O9. The lowest BCUT2D eigenvalue weighted by Crippen LogP contribution is -2.57. The molecule has 308 valence electrons. The second-order valence-corrected chi connectivity index (χ2v) is 16.3. The number of nitrogen functional groups attached to an aromatic ring is 2. The summed E-state index contributed by atoms with van der Waals surface area (Å²) >= 11 is 0. The second kappa shape index (κ2) is 16.0. The number of allylic oxidation sites excluding steroid dienone is 1. The number of carbonyl (C=O) groups excluding carboxylic acids is 1. The number of nitrogens with zero attached hydrogens (tertiary/aromatic N) is 2. The second-order valence-electron chi connectivity index (χ2n) is 16.3. The highest BCUT2D eigenvalue weighted by atomic mass is 16.6. The summed E-state index contributed by atoms with van der Waals surface area (Å²) in [6.45, 7) is 2.70. The van der Waals surface area contributed by atoms with Crippen molar-refractivity contribution >= 4 is 28.6 Å². The molecule has 5 aromatic rings. The third-order valence-corrected chi connectivity index (χ3v) is 12.9. The van der Waals surface area contributed by atoms with Crippen LogP contribution in [0.25, 0.3) is 11.0 Å². The summed E-state index contributed by atoms with van der Waals surface area (Å²) in [7, 11) is 0. The van der Waals surface area contributed by atoms with E-state index in [4.69, 9.17) is 25.4 Å². The molecular weight excluding hydrogens is 753 g/mol. The number of hydrogen-bond acceptors (Lipinski definition) is 13. The van der Waals surface area contributed by atoms with Gasteiger partial charge in [0.25, 0.3) is 0 Å². The Kier molecular flexibility index (Phi) is 10.8. The van der Waals surface area contributed by atoms with Crippen molar-refractivity contribution in [1.29, 1.82) is 0 Å². The fraction of sp³-hybridized carbons (Fsp3) is 0.391. The number of aromatic hydroxyl groups is 2. The molecule has 59 heavy (non-hydrogen) atoms. The van der Waals surface area contributed by atoms with Crippen molar-refractivity contribution in [3.05, 3.63) is 122 Å². The minimum Gasteiger partial charge on any atom is -0.508 e. The van der Waals surface area contributed by atoms with Crippen LogP contribution in [0.1, 0.15) is 96.9 Å². The molecule has 0 radical (unpaired) electrons. The number of hydrogen-bond donors (Lipinski definition) is 6. The van der Waals surface area contributed by atoms with Gasteiger partial charge in [-0.15, -0.1) is 0 Å². The van der Waals surface area contributed by atoms with Crippen molar-refractivity contribution in [2.24, 2.45) is 11.8 Å². The summed E-state index contributed by atoms with van der Waals surface area (Å²) in [5.74, 6) is -2.11. The van der Waals surface area contributed by atoms with E-state index >= 15 is 0 Å². The number of phenols is 2. The van der Waals surface area contributed by atoms with Crippen LogP contribution in [-0.2, 0) is 35.4 Å². The van der Waals surface area contributed by atoms with Gasteiger partial charge in [-0.25, -0.2) is 14.8 Å². The summed E-state index contributed by atoms with van der Waals surface area (Å²) < 4.78 is 20.3. The van der Waals surface area contributed by atoms with E-state index in [9.17, 15) is 30.0 Å². The lowest BCUT2D eigenvalue weighted by atomic mass is 9.69. The van der Waals surface area contributed by atoms with Crippen LogP contribution in [-0.4, -0.2) is 54.7 Å². The van der Waals surface area contributed by atoms with E-state index < -0.39 is 53.9 Å². The number of anilines is 2. The van der Waals surface area contributed by atoms with Gasteiger partial charge in [-0.3, -0.25) is 4.79 Å². The van der Waals surface area contributed by atoms with Gasteiger partial charge < -0.3 is 45.8 Å². The number of benzene rings is 2. The molecule has 1 saturated carbocycles. The lowest BCUT2D eigenvalue weighted by Gasteiger charge is -2.48. The molecule has 13 heteroatoms. The molecule has 13 nitrogen and oxygen atoms in total. The molecule has 1 fully saturated rings. The number of aromatic nitrogens is 2. The van der Waals surface area contributed by atoms with Crippen molar-refractivity contribution in [2.75, 3.05) is 18.1 Å². The van der Waals surface area contributed by atoms with Crippen LogP contribution >= 0.6 is 0 Å². The van der Waals surface area contributed by atoms with Gasteiger partial charge in [0.2, 0.25) is 0 Å². The predicted octanol–water partition coefficient (Wildman–Crippen LogP) is 6.11. The van der Waals surface area contributed by atoms with Gasteiger partial charge >= 0.3 is 5.97 Å². The number of esters is 1. The highest BCUT2D eigenvalue weighted by Gasteiger charge is 2.53. The highest BCUT2D eigenvalue weighted by molar-refractivity contribution is 5.92. The van der Waals surface area contributed by atoms with Crippen LogP contribution in [0, 0.1) is 11.8 Å². The molecule has 3 aliphatic rings. The monoisotopic (exact) mass is 802 g/mol. The van der Waals surface area contributed by atoms with Crippen molar-refractivity contribution < 1.29 is 39.1 Å². The zero-order valence-electron chi connectivity index (χ0n) is 33.2. The smallest absolute Gasteiger partial charge is 0.334 e. The molecule has 8 N–H and O–H groups in total. The van der Waals surface area contributed by atoms with Crippen LogP contribution < -0.4 is 21.6 Å². The fourth-order valence-corrected chi connectivity index (χ4v) is 9.85. The molecule has 0 spiro atoms. The van der Waals surface area contributed by atoms with Gasteiger partial charge in [0.05, 0.1) is 6.61 Å². The van der Waals surface area contributed by atoms with E-state index in [1.54, 1.807) is 36.7 Å². The van der Waals surface area contributed by atoms with Gasteiger partial charge in [0.1, 0.15) is 63.9 Å². The third kappa shape index (κ3) is 7.16. The first-order chi connectivity index (χ1) is 28.4. The molecule has 0 saturated heterocycles. The Morgan fingerprint density at radius 1 is 1.05 bits per heavy atom. The van der Waals surface area contributed by atoms with Crippen LogP contribution in [0.5, 0.6) is 17.2 Å². The van der Waals surface area contributed by atoms with E-state index in [0.29, 0.717) is 52.9 Å². The minimum absolute atomic E-state index is 0.0199. The van der Waals surface area contributed by atoms with Crippen molar-refractivity contribution in [3.8, 4) is 17.2 Å². The molecule has 0 unspecified atom stereocenters. The molecule has 5 atom stereocenters. The van der Waals surface area contributed by atoms with Crippen molar-refractivity contribution in [1.82, 2.24) is 9.97 Å². The molecule has 2 aromatic carbocycles. The summed E-state index contributed by atoms with van der Waals surface area (Å²) in [5, 5.41) is 44.5. The normalized spacial score (nSPS) is 22.4. The first-order valence-electron chi connectivity index (χ1n) is 20.3. The number of phenolic OH excluding ortho intramolecular Hbond substituents is 2. The molecule has 5 heterocycles. The molecule has 2 aliphatic heterocycles. The standard InChI is InChI=1S/C46H50N4O9/c1-3-30(25-7-4-5-8-25)45(56)58-36-20-33-41(55)39-35(54)19-29(22-51)57-43(39)40-38(34(23-52)26-9-6-10-28(53)18-26)31-15-16-49-44(48)32(31)13-12-27(46(36,2)59-42(33)40)17-24-11-14-37(47)50-21-24/h3,6,9-11,14-16,18-19,21,25,27,34,36,38,51-53,55H,4-5,7-8,12-13,17,20,22-23H2,1-2H3,(H2,47,50)(H2,48,49)/b30-3-/t27-,34+,36+,38+,46-/m0/s1. The fourth-order valence-electron chi connectivity index (χ4n) is 9.85. The topological polar surface area (TPSA) is 224 Å². The molecule has 1 aliphatic carbocycles. The third-order valence-electron chi connectivity index (χ3n) is 12.9. The Morgan fingerprint density at radius 3 is 2.54 bits per heavy atom. The van der Waals surface area contributed by atoms with Crippen LogP contribution in [0.4, 0.5) is 11.6 Å². The first-order valence-corrected chi connectivity index (χ1v) is 20.3. The van der Waals surface area contributed by atoms with Gasteiger partial charge in [0.15, 0.2) is 5.43 Å². The number of carbonyl (C=O) groups is 1. The highest BCUT2D eigenvalue weighted by Crippen LogP contribution is 2.56. The predicted molar refractivity (Wildman–Crippen MR) is 221 cm³/mol.